The summed E-state index contributed by atoms with van der Waals surface area (Å²) in [6.45, 7) is 7.10. The van der Waals surface area contributed by atoms with Gasteiger partial charge >= 0.3 is 0 Å². The number of allylic oxidation sites excluding steroid dienone is 6. The molecule has 0 aromatic heterocycles. The van der Waals surface area contributed by atoms with Crippen LogP contribution in [0.25, 0.3) is 6.08 Å². The maximum atomic E-state index is 12.3. The van der Waals surface area contributed by atoms with E-state index in [-0.39, 0.29) is 4.90 Å². The average Bonchev–Trinajstić information content (AvgIpc) is 2.43. The predicted octanol–water partition coefficient (Wildman–Crippen LogP) is 4.21. The van der Waals surface area contributed by atoms with Crippen LogP contribution in [0.1, 0.15) is 19.4 Å². The number of nitrogens with one attached hydrogen (secondary N) is 1. The van der Waals surface area contributed by atoms with E-state index in [0.717, 1.165) is 5.56 Å². The van der Waals surface area contributed by atoms with Crippen molar-refractivity contribution in [1.29, 1.82) is 0 Å². The van der Waals surface area contributed by atoms with E-state index < -0.39 is 10.0 Å². The molecule has 0 amide bonds. The van der Waals surface area contributed by atoms with Gasteiger partial charge in [-0.25, -0.2) is 8.42 Å². The Morgan fingerprint density at radius 1 is 1.38 bits per heavy atom. The molecule has 0 bridgehead atoms. The van der Waals surface area contributed by atoms with Gasteiger partial charge in [0.15, 0.2) is 0 Å². The molecule has 1 N–H and O–H groups in total. The van der Waals surface area contributed by atoms with Crippen LogP contribution >= 0.6 is 11.6 Å². The highest BCUT2D eigenvalue weighted by Gasteiger charge is 2.13. The van der Waals surface area contributed by atoms with Crippen molar-refractivity contribution in [2.45, 2.75) is 18.7 Å². The molecular weight excluding hydrogens is 306 g/mol. The fourth-order valence-electron chi connectivity index (χ4n) is 1.52. The maximum Gasteiger partial charge on any atom is 0.261 e. The highest BCUT2D eigenvalue weighted by molar-refractivity contribution is 7.89. The van der Waals surface area contributed by atoms with Gasteiger partial charge in [0.2, 0.25) is 0 Å². The average molecular weight is 324 g/mol. The SMILES string of the molecule is C=C(Cl)/C=C/c1cccc(S(=O)(=O)N/C(C)=C/C=C\C)c1. The van der Waals surface area contributed by atoms with Crippen molar-refractivity contribution in [3.8, 4) is 0 Å². The second kappa shape index (κ2) is 7.86. The minimum Gasteiger partial charge on any atom is -0.284 e. The van der Waals surface area contributed by atoms with E-state index in [9.17, 15) is 8.42 Å². The maximum absolute atomic E-state index is 12.3. The van der Waals surface area contributed by atoms with Gasteiger partial charge in [0.1, 0.15) is 0 Å². The third-order valence-corrected chi connectivity index (χ3v) is 4.05. The highest BCUT2D eigenvalue weighted by Crippen LogP contribution is 2.14. The third-order valence-electron chi connectivity index (χ3n) is 2.46. The van der Waals surface area contributed by atoms with Crippen LogP contribution in [0.3, 0.4) is 0 Å². The molecule has 5 heteroatoms. The van der Waals surface area contributed by atoms with Crippen LogP contribution in [0.2, 0.25) is 0 Å². The lowest BCUT2D eigenvalue weighted by molar-refractivity contribution is 0.588. The Hall–Kier alpha value is -1.78. The Bertz CT molecular complexity index is 701. The van der Waals surface area contributed by atoms with E-state index in [2.05, 4.69) is 11.3 Å². The minimum atomic E-state index is -3.59. The summed E-state index contributed by atoms with van der Waals surface area (Å²) in [5.41, 5.74) is 1.28. The lowest BCUT2D eigenvalue weighted by Crippen LogP contribution is -2.21. The molecule has 112 valence electrons. The van der Waals surface area contributed by atoms with E-state index in [4.69, 9.17) is 11.6 Å². The third kappa shape index (κ3) is 6.02. The Labute approximate surface area is 131 Å². The smallest absolute Gasteiger partial charge is 0.261 e. The summed E-state index contributed by atoms with van der Waals surface area (Å²) >= 11 is 5.65. The van der Waals surface area contributed by atoms with Gasteiger partial charge in [-0.15, -0.1) is 0 Å². The lowest BCUT2D eigenvalue weighted by atomic mass is 10.2. The van der Waals surface area contributed by atoms with Crippen molar-refractivity contribution in [3.63, 3.8) is 0 Å². The zero-order valence-corrected chi connectivity index (χ0v) is 13.6. The quantitative estimate of drug-likeness (QED) is 0.797. The molecule has 0 saturated heterocycles. The fourth-order valence-corrected chi connectivity index (χ4v) is 2.74. The number of hydrogen-bond donors (Lipinski definition) is 1. The molecular formula is C16H18ClNO2S. The first-order valence-electron chi connectivity index (χ1n) is 6.30. The highest BCUT2D eigenvalue weighted by atomic mass is 35.5. The van der Waals surface area contributed by atoms with Gasteiger partial charge < -0.3 is 0 Å². The van der Waals surface area contributed by atoms with Crippen LogP contribution in [0.4, 0.5) is 0 Å². The Kier molecular flexibility index (Phi) is 6.46. The molecule has 0 aliphatic rings. The van der Waals surface area contributed by atoms with Gasteiger partial charge in [-0.1, -0.05) is 48.5 Å². The van der Waals surface area contributed by atoms with Crippen LogP contribution in [0.5, 0.6) is 0 Å². The molecule has 3 nitrogen and oxygen atoms in total. The van der Waals surface area contributed by atoms with E-state index in [1.807, 2.05) is 13.0 Å². The van der Waals surface area contributed by atoms with Gasteiger partial charge in [0.05, 0.1) is 4.90 Å². The molecule has 1 aromatic carbocycles. The van der Waals surface area contributed by atoms with Crippen LogP contribution in [-0.2, 0) is 10.0 Å². The number of rotatable bonds is 6. The van der Waals surface area contributed by atoms with Gasteiger partial charge in [0, 0.05) is 10.7 Å². The summed E-state index contributed by atoms with van der Waals surface area (Å²) in [5, 5.41) is 0.381. The Morgan fingerprint density at radius 2 is 2.10 bits per heavy atom. The van der Waals surface area contributed by atoms with Gasteiger partial charge in [-0.3, -0.25) is 4.72 Å². The molecule has 0 atom stereocenters. The van der Waals surface area contributed by atoms with Crippen molar-refractivity contribution in [2.75, 3.05) is 0 Å². The van der Waals surface area contributed by atoms with Crippen LogP contribution in [-0.4, -0.2) is 8.42 Å². The van der Waals surface area contributed by atoms with Crippen molar-refractivity contribution in [1.82, 2.24) is 4.72 Å². The molecule has 0 radical (unpaired) electrons. The largest absolute Gasteiger partial charge is 0.284 e. The zero-order chi connectivity index (χ0) is 15.9. The topological polar surface area (TPSA) is 46.2 Å². The molecule has 0 spiro atoms. The Morgan fingerprint density at radius 3 is 2.71 bits per heavy atom. The summed E-state index contributed by atoms with van der Waals surface area (Å²) in [5.74, 6) is 0. The van der Waals surface area contributed by atoms with Gasteiger partial charge in [0.25, 0.3) is 10.0 Å². The number of halogens is 1. The Balaban J connectivity index is 3.04. The first kappa shape index (κ1) is 17.3. The van der Waals surface area contributed by atoms with E-state index >= 15 is 0 Å². The van der Waals surface area contributed by atoms with Crippen LogP contribution < -0.4 is 4.72 Å². The molecule has 0 heterocycles. The van der Waals surface area contributed by atoms with Gasteiger partial charge in [-0.05, 0) is 43.7 Å². The normalized spacial score (nSPS) is 13.0. The monoisotopic (exact) mass is 323 g/mol. The van der Waals surface area contributed by atoms with E-state index in [0.29, 0.717) is 10.7 Å². The molecule has 0 unspecified atom stereocenters. The molecule has 0 saturated carbocycles. The van der Waals surface area contributed by atoms with Crippen molar-refractivity contribution >= 4 is 27.7 Å². The molecule has 0 aliphatic carbocycles. The first-order chi connectivity index (χ1) is 9.85. The molecule has 0 fully saturated rings. The van der Waals surface area contributed by atoms with Crippen LogP contribution in [0, 0.1) is 0 Å². The zero-order valence-electron chi connectivity index (χ0n) is 12.0. The van der Waals surface area contributed by atoms with Gasteiger partial charge in [-0.2, -0.15) is 0 Å². The fraction of sp³-hybridized carbons (Fsp3) is 0.125. The summed E-state index contributed by atoms with van der Waals surface area (Å²) in [4.78, 5) is 0.193. The molecule has 21 heavy (non-hydrogen) atoms. The minimum absolute atomic E-state index is 0.193. The van der Waals surface area contributed by atoms with E-state index in [1.165, 1.54) is 6.07 Å². The number of sulfonamides is 1. The number of hydrogen-bond acceptors (Lipinski definition) is 2. The first-order valence-corrected chi connectivity index (χ1v) is 8.16. The second-order valence-electron chi connectivity index (χ2n) is 4.33. The van der Waals surface area contributed by atoms with E-state index in [1.54, 1.807) is 49.4 Å². The summed E-state index contributed by atoms with van der Waals surface area (Å²) < 4.78 is 27.0. The standard InChI is InChI=1S/C16H18ClNO2S/c1-4-5-7-14(3)18-21(19,20)16-9-6-8-15(12-16)11-10-13(2)17/h4-12,18H,2H2,1,3H3/b5-4-,11-10+,14-7+. The molecule has 0 aliphatic heterocycles. The second-order valence-corrected chi connectivity index (χ2v) is 6.50. The van der Waals surface area contributed by atoms with Crippen molar-refractivity contribution in [2.24, 2.45) is 0 Å². The van der Waals surface area contributed by atoms with Crippen molar-refractivity contribution < 1.29 is 8.42 Å². The molecule has 1 aromatic rings. The van der Waals surface area contributed by atoms with Crippen LogP contribution in [0.15, 0.2) is 70.8 Å². The predicted molar refractivity (Wildman–Crippen MR) is 89.4 cm³/mol. The lowest BCUT2D eigenvalue weighted by Gasteiger charge is -2.08. The summed E-state index contributed by atoms with van der Waals surface area (Å²) in [7, 11) is -3.59. The number of benzene rings is 1. The molecule has 1 rings (SSSR count). The van der Waals surface area contributed by atoms with Crippen molar-refractivity contribution in [3.05, 3.63) is 71.4 Å². The summed E-state index contributed by atoms with van der Waals surface area (Å²) in [6, 6.07) is 6.58. The summed E-state index contributed by atoms with van der Waals surface area (Å²) in [6.07, 6.45) is 8.60.